The number of carbonyl (C=O) groups is 2. The van der Waals surface area contributed by atoms with E-state index in [1.54, 1.807) is 6.07 Å². The van der Waals surface area contributed by atoms with Crippen LogP contribution in [0.1, 0.15) is 10.4 Å². The highest BCUT2D eigenvalue weighted by atomic mass is 16.2. The number of primary amides is 3. The molecule has 0 saturated heterocycles. The van der Waals surface area contributed by atoms with E-state index in [0.29, 0.717) is 5.56 Å². The lowest BCUT2D eigenvalue weighted by atomic mass is 9.99. The van der Waals surface area contributed by atoms with Crippen molar-refractivity contribution in [1.29, 1.82) is 0 Å². The third-order valence-corrected chi connectivity index (χ3v) is 2.28. The summed E-state index contributed by atoms with van der Waals surface area (Å²) in [5.74, 6) is -0.394. The molecule has 2 aromatic carbocycles. The highest BCUT2D eigenvalue weighted by Crippen LogP contribution is 2.22. The molecule has 6 N–H and O–H groups in total. The zero-order valence-corrected chi connectivity index (χ0v) is 10.2. The zero-order valence-electron chi connectivity index (χ0n) is 10.2. The fourth-order valence-corrected chi connectivity index (χ4v) is 1.57. The minimum absolute atomic E-state index is 0.394. The Morgan fingerprint density at radius 2 is 1.21 bits per heavy atom. The van der Waals surface area contributed by atoms with Gasteiger partial charge in [0.25, 0.3) is 0 Å². The molecule has 98 valence electrons. The normalized spacial score (nSPS) is 9.05. The predicted molar refractivity (Wildman–Crippen MR) is 74.2 cm³/mol. The average Bonchev–Trinajstić information content (AvgIpc) is 2.39. The molecule has 0 spiro atoms. The molecule has 0 saturated carbocycles. The van der Waals surface area contributed by atoms with Crippen molar-refractivity contribution in [3.63, 3.8) is 0 Å². The molecule has 0 aromatic heterocycles. The summed E-state index contributed by atoms with van der Waals surface area (Å²) in [5, 5.41) is 0. The van der Waals surface area contributed by atoms with E-state index in [4.69, 9.17) is 10.5 Å². The van der Waals surface area contributed by atoms with Crippen LogP contribution in [0.15, 0.2) is 54.6 Å². The van der Waals surface area contributed by atoms with Gasteiger partial charge in [0.1, 0.15) is 0 Å². The Morgan fingerprint density at radius 1 is 0.737 bits per heavy atom. The van der Waals surface area contributed by atoms with Gasteiger partial charge >= 0.3 is 6.03 Å². The smallest absolute Gasteiger partial charge is 0.309 e. The molecule has 0 bridgehead atoms. The summed E-state index contributed by atoms with van der Waals surface area (Å²) < 4.78 is 0. The van der Waals surface area contributed by atoms with Gasteiger partial charge in [-0.05, 0) is 17.2 Å². The molecular formula is C14H15N3O2. The second-order valence-corrected chi connectivity index (χ2v) is 3.68. The van der Waals surface area contributed by atoms with Crippen molar-refractivity contribution in [3.8, 4) is 11.1 Å². The molecule has 0 aliphatic heterocycles. The maximum atomic E-state index is 11.2. The second kappa shape index (κ2) is 6.80. The molecule has 0 aliphatic rings. The first-order chi connectivity index (χ1) is 9.02. The Morgan fingerprint density at radius 3 is 1.74 bits per heavy atom. The SMILES string of the molecule is NC(=O)c1ccccc1-c1ccccc1.NC(N)=O. The summed E-state index contributed by atoms with van der Waals surface area (Å²) in [6, 6.07) is 16.3. The molecule has 5 nitrogen and oxygen atoms in total. The molecule has 2 rings (SSSR count). The molecule has 3 amide bonds. The van der Waals surface area contributed by atoms with Crippen LogP contribution < -0.4 is 17.2 Å². The topological polar surface area (TPSA) is 112 Å². The number of rotatable bonds is 2. The molecule has 0 heterocycles. The number of hydrogen-bond donors (Lipinski definition) is 3. The molecule has 0 aliphatic carbocycles. The van der Waals surface area contributed by atoms with Crippen LogP contribution in [0.5, 0.6) is 0 Å². The molecule has 0 fully saturated rings. The third kappa shape index (κ3) is 4.51. The Balaban J connectivity index is 0.000000399. The first-order valence-corrected chi connectivity index (χ1v) is 5.51. The van der Waals surface area contributed by atoms with E-state index in [1.165, 1.54) is 0 Å². The minimum atomic E-state index is -0.833. The molecule has 2 aromatic rings. The van der Waals surface area contributed by atoms with Crippen LogP contribution in [-0.4, -0.2) is 11.9 Å². The third-order valence-electron chi connectivity index (χ3n) is 2.28. The Bertz CT molecular complexity index is 564. The zero-order chi connectivity index (χ0) is 14.3. The van der Waals surface area contributed by atoms with E-state index in [1.807, 2.05) is 48.5 Å². The summed E-state index contributed by atoms with van der Waals surface area (Å²) in [6.07, 6.45) is 0. The first-order valence-electron chi connectivity index (χ1n) is 5.51. The molecule has 0 radical (unpaired) electrons. The van der Waals surface area contributed by atoms with Crippen LogP contribution >= 0.6 is 0 Å². The van der Waals surface area contributed by atoms with E-state index in [9.17, 15) is 4.79 Å². The summed E-state index contributed by atoms with van der Waals surface area (Å²) >= 11 is 0. The van der Waals surface area contributed by atoms with Gasteiger partial charge in [0.15, 0.2) is 0 Å². The minimum Gasteiger partial charge on any atom is -0.366 e. The van der Waals surface area contributed by atoms with Crippen molar-refractivity contribution in [2.45, 2.75) is 0 Å². The quantitative estimate of drug-likeness (QED) is 0.756. The molecule has 0 unspecified atom stereocenters. The van der Waals surface area contributed by atoms with Gasteiger partial charge in [-0.3, -0.25) is 4.79 Å². The fourth-order valence-electron chi connectivity index (χ4n) is 1.57. The van der Waals surface area contributed by atoms with Crippen molar-refractivity contribution >= 4 is 11.9 Å². The molecular weight excluding hydrogens is 242 g/mol. The van der Waals surface area contributed by atoms with Gasteiger partial charge in [-0.2, -0.15) is 0 Å². The lowest BCUT2D eigenvalue weighted by molar-refractivity contribution is 0.100. The summed E-state index contributed by atoms with van der Waals surface area (Å²) in [7, 11) is 0. The maximum Gasteiger partial charge on any atom is 0.309 e. The number of amides is 3. The van der Waals surface area contributed by atoms with Gasteiger partial charge in [-0.15, -0.1) is 0 Å². The van der Waals surface area contributed by atoms with E-state index in [2.05, 4.69) is 11.5 Å². The van der Waals surface area contributed by atoms with E-state index in [0.717, 1.165) is 11.1 Å². The highest BCUT2D eigenvalue weighted by molar-refractivity contribution is 5.99. The highest BCUT2D eigenvalue weighted by Gasteiger charge is 2.07. The summed E-state index contributed by atoms with van der Waals surface area (Å²) in [4.78, 5) is 20.2. The van der Waals surface area contributed by atoms with Gasteiger partial charge in [0.05, 0.1) is 0 Å². The first kappa shape index (κ1) is 14.2. The standard InChI is InChI=1S/C13H11NO.CH4N2O/c14-13(15)12-9-5-4-8-11(12)10-6-2-1-3-7-10;2-1(3)4/h1-9H,(H2,14,15);(H4,2,3,4). The van der Waals surface area contributed by atoms with Gasteiger partial charge in [-0.1, -0.05) is 48.5 Å². The van der Waals surface area contributed by atoms with Crippen molar-refractivity contribution in [2.24, 2.45) is 17.2 Å². The van der Waals surface area contributed by atoms with E-state index >= 15 is 0 Å². The van der Waals surface area contributed by atoms with Crippen LogP contribution in [0, 0.1) is 0 Å². The van der Waals surface area contributed by atoms with Gasteiger partial charge in [0, 0.05) is 5.56 Å². The number of urea groups is 1. The second-order valence-electron chi connectivity index (χ2n) is 3.68. The van der Waals surface area contributed by atoms with Gasteiger partial charge < -0.3 is 17.2 Å². The number of hydrogen-bond acceptors (Lipinski definition) is 2. The van der Waals surface area contributed by atoms with E-state index in [-0.39, 0.29) is 0 Å². The number of benzene rings is 2. The van der Waals surface area contributed by atoms with Crippen molar-refractivity contribution < 1.29 is 9.59 Å². The van der Waals surface area contributed by atoms with Crippen LogP contribution in [0.3, 0.4) is 0 Å². The Hall–Kier alpha value is -2.82. The maximum absolute atomic E-state index is 11.2. The molecule has 19 heavy (non-hydrogen) atoms. The van der Waals surface area contributed by atoms with Crippen LogP contribution in [0.4, 0.5) is 4.79 Å². The van der Waals surface area contributed by atoms with Crippen molar-refractivity contribution in [1.82, 2.24) is 0 Å². The lowest BCUT2D eigenvalue weighted by Gasteiger charge is -2.05. The number of carbonyl (C=O) groups excluding carboxylic acids is 2. The monoisotopic (exact) mass is 257 g/mol. The summed E-state index contributed by atoms with van der Waals surface area (Å²) in [5.41, 5.74) is 16.3. The molecule has 5 heteroatoms. The number of nitrogens with two attached hydrogens (primary N) is 3. The lowest BCUT2D eigenvalue weighted by Crippen LogP contribution is -2.18. The average molecular weight is 257 g/mol. The van der Waals surface area contributed by atoms with E-state index < -0.39 is 11.9 Å². The van der Waals surface area contributed by atoms with Crippen LogP contribution in [0.25, 0.3) is 11.1 Å². The Kier molecular flexibility index (Phi) is 5.10. The fraction of sp³-hybridized carbons (Fsp3) is 0. The summed E-state index contributed by atoms with van der Waals surface area (Å²) in [6.45, 7) is 0. The largest absolute Gasteiger partial charge is 0.366 e. The van der Waals surface area contributed by atoms with Crippen molar-refractivity contribution in [3.05, 3.63) is 60.2 Å². The van der Waals surface area contributed by atoms with Gasteiger partial charge in [-0.25, -0.2) is 4.79 Å². The predicted octanol–water partition coefficient (Wildman–Crippen LogP) is 1.48. The van der Waals surface area contributed by atoms with Crippen LogP contribution in [-0.2, 0) is 0 Å². The van der Waals surface area contributed by atoms with Crippen LogP contribution in [0.2, 0.25) is 0 Å². The van der Waals surface area contributed by atoms with Gasteiger partial charge in [0.2, 0.25) is 5.91 Å². The van der Waals surface area contributed by atoms with Crippen molar-refractivity contribution in [2.75, 3.05) is 0 Å². The Labute approximate surface area is 111 Å². The molecule has 0 atom stereocenters.